The Kier molecular flexibility index (Phi) is 10.1. The molecule has 0 saturated heterocycles. The molecule has 11 heteroatoms. The number of carboxylic acids is 1. The summed E-state index contributed by atoms with van der Waals surface area (Å²) >= 11 is 0. The summed E-state index contributed by atoms with van der Waals surface area (Å²) in [6.45, 7) is 5.38. The van der Waals surface area contributed by atoms with Crippen molar-refractivity contribution in [3.8, 4) is 0 Å². The van der Waals surface area contributed by atoms with E-state index in [-0.39, 0.29) is 30.0 Å². The van der Waals surface area contributed by atoms with Crippen molar-refractivity contribution in [2.45, 2.75) is 64.7 Å². The highest BCUT2D eigenvalue weighted by molar-refractivity contribution is 7.45. The largest absolute Gasteiger partial charge is 0.478 e. The molecule has 1 aliphatic rings. The third-order valence-electron chi connectivity index (χ3n) is 3.47. The molecule has 1 rings (SSSR count). The summed E-state index contributed by atoms with van der Waals surface area (Å²) in [5.74, 6) is -1.35. The lowest BCUT2D eigenvalue weighted by Gasteiger charge is -2.33. The molecule has 0 saturated carbocycles. The molecule has 0 heterocycles. The number of amides is 1. The van der Waals surface area contributed by atoms with E-state index >= 15 is 0 Å². The molecule has 0 aromatic rings. The summed E-state index contributed by atoms with van der Waals surface area (Å²) in [7, 11) is -4.64. The van der Waals surface area contributed by atoms with E-state index in [1.165, 1.54) is 6.92 Å². The molecule has 0 fully saturated rings. The molecule has 7 N–H and O–H groups in total. The molecule has 0 radical (unpaired) electrons. The summed E-state index contributed by atoms with van der Waals surface area (Å²) < 4.78 is 14.8. The van der Waals surface area contributed by atoms with Gasteiger partial charge in [0.05, 0.1) is 23.5 Å². The predicted molar refractivity (Wildman–Crippen MR) is 89.2 cm³/mol. The molecular weight excluding hydrogens is 355 g/mol. The second-order valence-corrected chi connectivity index (χ2v) is 6.68. The Labute approximate surface area is 146 Å². The minimum absolute atomic E-state index is 0.0316. The van der Waals surface area contributed by atoms with E-state index in [1.807, 2.05) is 13.8 Å². The molecule has 10 nitrogen and oxygen atoms in total. The van der Waals surface area contributed by atoms with Gasteiger partial charge in [0.1, 0.15) is 0 Å². The number of ether oxygens (including phenoxy) is 1. The number of hydrogen-bond acceptors (Lipinski definition) is 5. The zero-order valence-corrected chi connectivity index (χ0v) is 15.4. The van der Waals surface area contributed by atoms with Gasteiger partial charge in [-0.05, 0) is 25.7 Å². The summed E-state index contributed by atoms with van der Waals surface area (Å²) in [4.78, 5) is 44.2. The lowest BCUT2D eigenvalue weighted by Crippen LogP contribution is -2.43. The number of nitrogens with two attached hydrogens (primary N) is 1. The molecule has 0 aliphatic heterocycles. The summed E-state index contributed by atoms with van der Waals surface area (Å²) in [6.07, 6.45) is 2.00. The van der Waals surface area contributed by atoms with Crippen molar-refractivity contribution in [1.82, 2.24) is 5.32 Å². The molecule has 146 valence electrons. The molecular formula is C14H27N2O8P. The van der Waals surface area contributed by atoms with Gasteiger partial charge in [0.15, 0.2) is 0 Å². The number of carboxylic acid groups (broad SMARTS) is 1. The van der Waals surface area contributed by atoms with Crippen LogP contribution < -0.4 is 11.1 Å². The van der Waals surface area contributed by atoms with Crippen LogP contribution in [-0.4, -0.2) is 49.9 Å². The molecule has 0 spiro atoms. The van der Waals surface area contributed by atoms with Gasteiger partial charge in [-0.2, -0.15) is 0 Å². The van der Waals surface area contributed by atoms with Gasteiger partial charge in [-0.1, -0.05) is 13.8 Å². The number of carbonyl (C=O) groups excluding carboxylic acids is 1. The van der Waals surface area contributed by atoms with Crippen LogP contribution in [0.4, 0.5) is 0 Å². The van der Waals surface area contributed by atoms with E-state index in [9.17, 15) is 14.7 Å². The number of phosphoric acid groups is 1. The highest BCUT2D eigenvalue weighted by Crippen LogP contribution is 2.27. The monoisotopic (exact) mass is 382 g/mol. The number of nitrogens with one attached hydrogen (secondary N) is 1. The van der Waals surface area contributed by atoms with E-state index in [0.29, 0.717) is 12.1 Å². The molecule has 1 aliphatic carbocycles. The van der Waals surface area contributed by atoms with E-state index in [0.717, 1.165) is 12.8 Å². The number of carbonyl (C=O) groups is 2. The average molecular weight is 382 g/mol. The van der Waals surface area contributed by atoms with Crippen LogP contribution in [0.1, 0.15) is 46.5 Å². The van der Waals surface area contributed by atoms with Crippen LogP contribution in [-0.2, 0) is 18.9 Å². The average Bonchev–Trinajstić information content (AvgIpc) is 2.44. The Morgan fingerprint density at radius 3 is 2.16 bits per heavy atom. The predicted octanol–water partition coefficient (Wildman–Crippen LogP) is 0.228. The van der Waals surface area contributed by atoms with Crippen molar-refractivity contribution in [2.24, 2.45) is 5.73 Å². The Balaban J connectivity index is 0.00000101. The van der Waals surface area contributed by atoms with Gasteiger partial charge in [-0.25, -0.2) is 9.36 Å². The highest BCUT2D eigenvalue weighted by Gasteiger charge is 2.33. The van der Waals surface area contributed by atoms with Crippen molar-refractivity contribution in [3.63, 3.8) is 0 Å². The summed E-state index contributed by atoms with van der Waals surface area (Å²) in [5, 5.41) is 11.9. The van der Waals surface area contributed by atoms with Gasteiger partial charge in [0.2, 0.25) is 5.91 Å². The van der Waals surface area contributed by atoms with E-state index in [4.69, 9.17) is 29.7 Å². The lowest BCUT2D eigenvalue weighted by atomic mass is 9.90. The van der Waals surface area contributed by atoms with Crippen molar-refractivity contribution in [1.29, 1.82) is 0 Å². The van der Waals surface area contributed by atoms with Gasteiger partial charge >= 0.3 is 13.8 Å². The third kappa shape index (κ3) is 10.3. The zero-order chi connectivity index (χ0) is 19.8. The second-order valence-electron chi connectivity index (χ2n) is 5.65. The standard InChI is InChI=1S/C14H24N2O4.H3O4P/c1-4-10(5-2)20-12-7-9(15)6-11(14(18)19)13(12)16-8(3)17;1-5(2,3)4/h9-10,12H,4-7,15H2,1-3H3,(H,16,17)(H,18,19);(H3,1,2,3,4). The second kappa shape index (κ2) is 10.6. The number of aliphatic carboxylic acids is 1. The first kappa shape index (κ1) is 23.7. The Hall–Kier alpha value is -1.29. The molecule has 25 heavy (non-hydrogen) atoms. The fourth-order valence-electron chi connectivity index (χ4n) is 2.43. The van der Waals surface area contributed by atoms with Crippen LogP contribution in [0.3, 0.4) is 0 Å². The Morgan fingerprint density at radius 1 is 1.32 bits per heavy atom. The maximum atomic E-state index is 11.3. The maximum absolute atomic E-state index is 11.3. The van der Waals surface area contributed by atoms with E-state index in [2.05, 4.69) is 5.32 Å². The third-order valence-corrected chi connectivity index (χ3v) is 3.47. The Bertz CT molecular complexity index is 533. The van der Waals surface area contributed by atoms with Crippen LogP contribution in [0.25, 0.3) is 0 Å². The number of rotatable bonds is 6. The topological polar surface area (TPSA) is 179 Å². The van der Waals surface area contributed by atoms with E-state index < -0.39 is 19.9 Å². The molecule has 0 bridgehead atoms. The minimum atomic E-state index is -4.64. The fourth-order valence-corrected chi connectivity index (χ4v) is 2.43. The molecule has 2 unspecified atom stereocenters. The van der Waals surface area contributed by atoms with Crippen molar-refractivity contribution in [3.05, 3.63) is 11.3 Å². The maximum Gasteiger partial charge on any atom is 0.466 e. The first-order valence-electron chi connectivity index (χ1n) is 7.82. The van der Waals surface area contributed by atoms with Crippen LogP contribution in [0.5, 0.6) is 0 Å². The summed E-state index contributed by atoms with van der Waals surface area (Å²) in [6, 6.07) is -0.266. The highest BCUT2D eigenvalue weighted by atomic mass is 31.2. The van der Waals surface area contributed by atoms with Gasteiger partial charge < -0.3 is 35.6 Å². The SMILES string of the molecule is CCC(CC)OC1CC(N)CC(C(=O)O)=C1NC(C)=O.O=P(O)(O)O. The van der Waals surface area contributed by atoms with E-state index in [1.54, 1.807) is 0 Å². The van der Waals surface area contributed by atoms with Crippen LogP contribution in [0, 0.1) is 0 Å². The van der Waals surface area contributed by atoms with Gasteiger partial charge in [-0.3, -0.25) is 4.79 Å². The van der Waals surface area contributed by atoms with Gasteiger partial charge in [0, 0.05) is 13.0 Å². The van der Waals surface area contributed by atoms with Crippen molar-refractivity contribution >= 4 is 19.7 Å². The fraction of sp³-hybridized carbons (Fsp3) is 0.714. The van der Waals surface area contributed by atoms with Crippen LogP contribution >= 0.6 is 7.82 Å². The molecule has 2 atom stereocenters. The first-order valence-corrected chi connectivity index (χ1v) is 9.38. The minimum Gasteiger partial charge on any atom is -0.478 e. The van der Waals surface area contributed by atoms with Crippen molar-refractivity contribution in [2.75, 3.05) is 0 Å². The zero-order valence-electron chi connectivity index (χ0n) is 14.5. The van der Waals surface area contributed by atoms with Crippen LogP contribution in [0.2, 0.25) is 0 Å². The number of hydrogen-bond donors (Lipinski definition) is 6. The molecule has 0 aromatic carbocycles. The quantitative estimate of drug-likeness (QED) is 0.350. The van der Waals surface area contributed by atoms with Crippen LogP contribution in [0.15, 0.2) is 11.3 Å². The molecule has 1 amide bonds. The van der Waals surface area contributed by atoms with Crippen molar-refractivity contribution < 1.29 is 38.7 Å². The smallest absolute Gasteiger partial charge is 0.466 e. The lowest BCUT2D eigenvalue weighted by molar-refractivity contribution is -0.133. The molecule has 0 aromatic heterocycles. The normalized spacial score (nSPS) is 20.8. The van der Waals surface area contributed by atoms with Gasteiger partial charge in [0.25, 0.3) is 0 Å². The van der Waals surface area contributed by atoms with Gasteiger partial charge in [-0.15, -0.1) is 0 Å². The Morgan fingerprint density at radius 2 is 1.80 bits per heavy atom. The summed E-state index contributed by atoms with van der Waals surface area (Å²) in [5.41, 5.74) is 6.42. The first-order chi connectivity index (χ1) is 11.4.